The van der Waals surface area contributed by atoms with Gasteiger partial charge < -0.3 is 15.5 Å². The molecule has 0 atom stereocenters. The Balaban J connectivity index is 0.00000484. The van der Waals surface area contributed by atoms with E-state index in [0.717, 1.165) is 18.5 Å². The molecule has 0 saturated heterocycles. The van der Waals surface area contributed by atoms with Crippen LogP contribution in [-0.4, -0.2) is 44.0 Å². The maximum atomic E-state index is 13.5. The molecule has 2 N–H and O–H groups in total. The van der Waals surface area contributed by atoms with Crippen LogP contribution in [0.1, 0.15) is 24.5 Å². The van der Waals surface area contributed by atoms with E-state index >= 15 is 0 Å². The van der Waals surface area contributed by atoms with Gasteiger partial charge in [-0.05, 0) is 30.5 Å². The Morgan fingerprint density at radius 3 is 2.57 bits per heavy atom. The first-order chi connectivity index (χ1) is 10.4. The molecule has 0 aromatic heterocycles. The summed E-state index contributed by atoms with van der Waals surface area (Å²) in [5.74, 6) is 0.289. The van der Waals surface area contributed by atoms with Crippen molar-refractivity contribution in [2.24, 2.45) is 4.99 Å². The fourth-order valence-corrected chi connectivity index (χ4v) is 1.64. The third-order valence-corrected chi connectivity index (χ3v) is 3.10. The Bertz CT molecular complexity index is 535. The van der Waals surface area contributed by atoms with E-state index in [1.807, 2.05) is 13.0 Å². The fourth-order valence-electron chi connectivity index (χ4n) is 1.64. The van der Waals surface area contributed by atoms with Gasteiger partial charge in [0.1, 0.15) is 5.82 Å². The van der Waals surface area contributed by atoms with Crippen molar-refractivity contribution in [1.82, 2.24) is 15.5 Å². The highest BCUT2D eigenvalue weighted by Crippen LogP contribution is 2.09. The van der Waals surface area contributed by atoms with Gasteiger partial charge in [0.25, 0.3) is 0 Å². The second kappa shape index (κ2) is 11.2. The number of hydrogen-bond acceptors (Lipinski definition) is 2. The van der Waals surface area contributed by atoms with Crippen LogP contribution in [0.15, 0.2) is 23.2 Å². The first-order valence-electron chi connectivity index (χ1n) is 7.41. The molecule has 23 heavy (non-hydrogen) atoms. The molecule has 0 heterocycles. The highest BCUT2D eigenvalue weighted by Gasteiger charge is 2.06. The number of carbonyl (C=O) groups excluding carboxylic acids is 1. The minimum atomic E-state index is -0.230. The Morgan fingerprint density at radius 2 is 2.00 bits per heavy atom. The first-order valence-corrected chi connectivity index (χ1v) is 7.41. The standard InChI is InChI=1S/C16H25FN4O.HI/c1-5-8-18-16(20-11-15(22)21(3)4)19-10-13-7-6-12(2)14(17)9-13;/h6-7,9H,5,8,10-11H2,1-4H3,(H2,18,19,20);1H. The minimum absolute atomic E-state index is 0. The molecule has 0 radical (unpaired) electrons. The van der Waals surface area contributed by atoms with Gasteiger partial charge in [-0.1, -0.05) is 19.1 Å². The SMILES string of the molecule is CCCNC(=NCc1ccc(C)c(F)c1)NCC(=O)N(C)C.I. The molecule has 130 valence electrons. The Labute approximate surface area is 154 Å². The largest absolute Gasteiger partial charge is 0.356 e. The van der Waals surface area contributed by atoms with E-state index < -0.39 is 0 Å². The summed E-state index contributed by atoms with van der Waals surface area (Å²) >= 11 is 0. The highest BCUT2D eigenvalue weighted by molar-refractivity contribution is 14.0. The molecule has 1 amide bonds. The van der Waals surface area contributed by atoms with Crippen molar-refractivity contribution >= 4 is 35.8 Å². The molecule has 0 bridgehead atoms. The summed E-state index contributed by atoms with van der Waals surface area (Å²) in [5, 5.41) is 6.12. The average Bonchev–Trinajstić information content (AvgIpc) is 2.49. The maximum Gasteiger partial charge on any atom is 0.241 e. The number of nitrogens with zero attached hydrogens (tertiary/aromatic N) is 2. The van der Waals surface area contributed by atoms with Gasteiger partial charge in [-0.15, -0.1) is 24.0 Å². The molecule has 0 fully saturated rings. The lowest BCUT2D eigenvalue weighted by Crippen LogP contribution is -2.43. The van der Waals surface area contributed by atoms with Gasteiger partial charge in [-0.3, -0.25) is 4.79 Å². The number of benzene rings is 1. The van der Waals surface area contributed by atoms with Crippen molar-refractivity contribution in [3.63, 3.8) is 0 Å². The molecule has 1 rings (SSSR count). The minimum Gasteiger partial charge on any atom is -0.356 e. The van der Waals surface area contributed by atoms with Crippen LogP contribution in [-0.2, 0) is 11.3 Å². The second-order valence-electron chi connectivity index (χ2n) is 5.32. The number of halogens is 2. The Morgan fingerprint density at radius 1 is 1.30 bits per heavy atom. The summed E-state index contributed by atoms with van der Waals surface area (Å²) < 4.78 is 13.5. The van der Waals surface area contributed by atoms with Crippen LogP contribution in [0, 0.1) is 12.7 Å². The van der Waals surface area contributed by atoms with Crippen LogP contribution in [0.2, 0.25) is 0 Å². The summed E-state index contributed by atoms with van der Waals surface area (Å²) in [6.45, 7) is 5.05. The number of hydrogen-bond donors (Lipinski definition) is 2. The van der Waals surface area contributed by atoms with Gasteiger partial charge in [0.05, 0.1) is 13.1 Å². The van der Waals surface area contributed by atoms with Crippen LogP contribution in [0.5, 0.6) is 0 Å². The summed E-state index contributed by atoms with van der Waals surface area (Å²) in [5.41, 5.74) is 1.41. The molecule has 1 aromatic rings. The van der Waals surface area contributed by atoms with E-state index in [4.69, 9.17) is 0 Å². The number of likely N-dealkylation sites (N-methyl/N-ethyl adjacent to an activating group) is 1. The molecule has 0 aliphatic carbocycles. The summed E-state index contributed by atoms with van der Waals surface area (Å²) in [4.78, 5) is 17.5. The molecule has 7 heteroatoms. The predicted octanol–water partition coefficient (Wildman–Crippen LogP) is 2.29. The fraction of sp³-hybridized carbons (Fsp3) is 0.500. The molecule has 0 spiro atoms. The summed E-state index contributed by atoms with van der Waals surface area (Å²) in [6, 6.07) is 5.08. The Hall–Kier alpha value is -1.38. The van der Waals surface area contributed by atoms with E-state index in [-0.39, 0.29) is 42.2 Å². The molecular weight excluding hydrogens is 410 g/mol. The van der Waals surface area contributed by atoms with E-state index in [1.54, 1.807) is 27.1 Å². The molecule has 0 aliphatic heterocycles. The second-order valence-corrected chi connectivity index (χ2v) is 5.32. The highest BCUT2D eigenvalue weighted by atomic mass is 127. The monoisotopic (exact) mass is 436 g/mol. The van der Waals surface area contributed by atoms with Gasteiger partial charge in [-0.25, -0.2) is 9.38 Å². The number of rotatable bonds is 6. The zero-order valence-corrected chi connectivity index (χ0v) is 16.5. The van der Waals surface area contributed by atoms with Crippen molar-refractivity contribution in [1.29, 1.82) is 0 Å². The lowest BCUT2D eigenvalue weighted by atomic mass is 10.1. The molecule has 0 unspecified atom stereocenters. The van der Waals surface area contributed by atoms with Gasteiger partial charge in [0.15, 0.2) is 5.96 Å². The predicted molar refractivity (Wildman–Crippen MR) is 103 cm³/mol. The van der Waals surface area contributed by atoms with E-state index in [2.05, 4.69) is 15.6 Å². The molecular formula is C16H26FIN4O. The van der Waals surface area contributed by atoms with Crippen LogP contribution in [0.25, 0.3) is 0 Å². The summed E-state index contributed by atoms with van der Waals surface area (Å²) in [6.07, 6.45) is 0.946. The van der Waals surface area contributed by atoms with Crippen LogP contribution in [0.3, 0.4) is 0 Å². The van der Waals surface area contributed by atoms with Crippen LogP contribution >= 0.6 is 24.0 Å². The van der Waals surface area contributed by atoms with Crippen molar-refractivity contribution in [2.75, 3.05) is 27.2 Å². The maximum absolute atomic E-state index is 13.5. The number of aryl methyl sites for hydroxylation is 1. The van der Waals surface area contributed by atoms with Crippen molar-refractivity contribution in [2.45, 2.75) is 26.8 Å². The molecule has 5 nitrogen and oxygen atoms in total. The number of amides is 1. The number of aliphatic imine (C=N–C) groups is 1. The topological polar surface area (TPSA) is 56.7 Å². The summed E-state index contributed by atoms with van der Waals surface area (Å²) in [7, 11) is 3.41. The average molecular weight is 436 g/mol. The third kappa shape index (κ3) is 8.15. The van der Waals surface area contributed by atoms with Gasteiger partial charge in [-0.2, -0.15) is 0 Å². The van der Waals surface area contributed by atoms with Crippen molar-refractivity contribution in [3.05, 3.63) is 35.1 Å². The quantitative estimate of drug-likeness (QED) is 0.409. The van der Waals surface area contributed by atoms with Gasteiger partial charge >= 0.3 is 0 Å². The van der Waals surface area contributed by atoms with Gasteiger partial charge in [0, 0.05) is 20.6 Å². The van der Waals surface area contributed by atoms with Crippen LogP contribution in [0.4, 0.5) is 4.39 Å². The molecule has 1 aromatic carbocycles. The van der Waals surface area contributed by atoms with E-state index in [0.29, 0.717) is 18.1 Å². The van der Waals surface area contributed by atoms with E-state index in [9.17, 15) is 9.18 Å². The zero-order valence-electron chi connectivity index (χ0n) is 14.1. The van der Waals surface area contributed by atoms with Crippen molar-refractivity contribution < 1.29 is 9.18 Å². The lowest BCUT2D eigenvalue weighted by Gasteiger charge is -2.14. The van der Waals surface area contributed by atoms with E-state index in [1.165, 1.54) is 11.0 Å². The molecule has 0 aliphatic rings. The first kappa shape index (κ1) is 21.6. The third-order valence-electron chi connectivity index (χ3n) is 3.10. The van der Waals surface area contributed by atoms with Crippen LogP contribution < -0.4 is 10.6 Å². The number of nitrogens with one attached hydrogen (secondary N) is 2. The Kier molecular flexibility index (Phi) is 10.5. The van der Waals surface area contributed by atoms with Crippen molar-refractivity contribution in [3.8, 4) is 0 Å². The van der Waals surface area contributed by atoms with Gasteiger partial charge in [0.2, 0.25) is 5.91 Å². The molecule has 0 saturated carbocycles. The zero-order chi connectivity index (χ0) is 16.5. The normalized spacial score (nSPS) is 10.7. The number of carbonyl (C=O) groups is 1. The smallest absolute Gasteiger partial charge is 0.241 e. The number of guanidine groups is 1. The lowest BCUT2D eigenvalue weighted by molar-refractivity contribution is -0.127.